The number of rotatable bonds is 4. The van der Waals surface area contributed by atoms with Gasteiger partial charge in [0, 0.05) is 5.38 Å². The number of hydrogen-bond donors (Lipinski definition) is 2. The van der Waals surface area contributed by atoms with Gasteiger partial charge in [0.2, 0.25) is 0 Å². The highest BCUT2D eigenvalue weighted by Crippen LogP contribution is 2.18. The van der Waals surface area contributed by atoms with Gasteiger partial charge in [0.1, 0.15) is 0 Å². The second-order valence-corrected chi connectivity index (χ2v) is 6.60. The molecule has 1 aromatic carbocycles. The Labute approximate surface area is 127 Å². The van der Waals surface area contributed by atoms with Crippen LogP contribution in [0, 0.1) is 2.88 Å². The summed E-state index contributed by atoms with van der Waals surface area (Å²) in [6.45, 7) is 0. The summed E-state index contributed by atoms with van der Waals surface area (Å²) in [6.07, 6.45) is 0. The Kier molecular flexibility index (Phi) is 4.54. The van der Waals surface area contributed by atoms with Crippen LogP contribution in [-0.4, -0.2) is 17.0 Å². The molecular weight excluding hydrogens is 377 g/mol. The largest absolute Gasteiger partial charge is 0.479 e. The summed E-state index contributed by atoms with van der Waals surface area (Å²) in [4.78, 5) is 23.2. The Bertz CT molecular complexity index is 597. The highest BCUT2D eigenvalue weighted by molar-refractivity contribution is 14.1. The van der Waals surface area contributed by atoms with Gasteiger partial charge in [-0.2, -0.15) is 0 Å². The van der Waals surface area contributed by atoms with Crippen LogP contribution in [-0.2, 0) is 4.79 Å². The molecule has 0 saturated heterocycles. The van der Waals surface area contributed by atoms with Crippen LogP contribution in [0.4, 0.5) is 0 Å². The summed E-state index contributed by atoms with van der Waals surface area (Å²) in [7, 11) is 0. The molecule has 98 valence electrons. The van der Waals surface area contributed by atoms with E-state index >= 15 is 0 Å². The first-order valence-electron chi connectivity index (χ1n) is 5.40. The minimum absolute atomic E-state index is 0.379. The van der Waals surface area contributed by atoms with Crippen LogP contribution < -0.4 is 5.32 Å². The quantitative estimate of drug-likeness (QED) is 0.793. The second-order valence-electron chi connectivity index (χ2n) is 3.79. The number of carboxylic acids is 1. The van der Waals surface area contributed by atoms with E-state index in [1.54, 1.807) is 41.8 Å². The molecule has 2 N–H and O–H groups in total. The van der Waals surface area contributed by atoms with Crippen LogP contribution in [0.5, 0.6) is 0 Å². The normalized spacial score (nSPS) is 11.8. The highest BCUT2D eigenvalue weighted by atomic mass is 127. The number of carbonyl (C=O) groups excluding carboxylic acids is 1. The minimum Gasteiger partial charge on any atom is -0.479 e. The molecule has 4 nitrogen and oxygen atoms in total. The van der Waals surface area contributed by atoms with Crippen LogP contribution in [0.1, 0.15) is 22.0 Å². The molecule has 1 unspecified atom stereocenters. The molecule has 2 aromatic rings. The van der Waals surface area contributed by atoms with E-state index in [0.717, 1.165) is 2.88 Å². The van der Waals surface area contributed by atoms with Crippen molar-refractivity contribution < 1.29 is 14.7 Å². The second kappa shape index (κ2) is 6.16. The number of hydrogen-bond acceptors (Lipinski definition) is 3. The van der Waals surface area contributed by atoms with Crippen LogP contribution in [0.25, 0.3) is 0 Å². The fourth-order valence-electron chi connectivity index (χ4n) is 1.58. The van der Waals surface area contributed by atoms with Crippen LogP contribution in [0.15, 0.2) is 41.8 Å². The third-order valence-electron chi connectivity index (χ3n) is 2.48. The van der Waals surface area contributed by atoms with Crippen molar-refractivity contribution in [3.63, 3.8) is 0 Å². The Morgan fingerprint density at radius 2 is 1.95 bits per heavy atom. The van der Waals surface area contributed by atoms with Gasteiger partial charge >= 0.3 is 5.97 Å². The Morgan fingerprint density at radius 1 is 1.26 bits per heavy atom. The molecule has 1 amide bonds. The molecule has 1 heterocycles. The molecule has 1 atom stereocenters. The predicted octanol–water partition coefficient (Wildman–Crippen LogP) is 2.91. The van der Waals surface area contributed by atoms with Crippen LogP contribution in [0.2, 0.25) is 0 Å². The zero-order valence-electron chi connectivity index (χ0n) is 9.67. The average molecular weight is 387 g/mol. The lowest BCUT2D eigenvalue weighted by Gasteiger charge is -2.14. The topological polar surface area (TPSA) is 66.4 Å². The number of benzene rings is 1. The van der Waals surface area contributed by atoms with Crippen LogP contribution in [0.3, 0.4) is 0 Å². The molecule has 0 spiro atoms. The molecule has 1 aromatic heterocycles. The van der Waals surface area contributed by atoms with E-state index in [1.807, 2.05) is 0 Å². The maximum Gasteiger partial charge on any atom is 0.330 e. The van der Waals surface area contributed by atoms with Crippen molar-refractivity contribution in [2.45, 2.75) is 6.04 Å². The fraction of sp³-hybridized carbons (Fsp3) is 0.0769. The molecule has 0 aliphatic carbocycles. The lowest BCUT2D eigenvalue weighted by molar-refractivity contribution is -0.139. The van der Waals surface area contributed by atoms with Gasteiger partial charge in [0.15, 0.2) is 6.04 Å². The summed E-state index contributed by atoms with van der Waals surface area (Å²) in [5.74, 6) is -1.46. The van der Waals surface area contributed by atoms with Crippen molar-refractivity contribution in [1.82, 2.24) is 5.32 Å². The molecule has 6 heteroatoms. The van der Waals surface area contributed by atoms with Gasteiger partial charge in [-0.25, -0.2) is 4.79 Å². The third-order valence-corrected chi connectivity index (χ3v) is 4.27. The fourth-order valence-corrected chi connectivity index (χ4v) is 2.90. The summed E-state index contributed by atoms with van der Waals surface area (Å²) < 4.78 is 0.981. The molecule has 0 aliphatic rings. The number of carboxylic acid groups (broad SMARTS) is 1. The first-order chi connectivity index (χ1) is 9.08. The third kappa shape index (κ3) is 3.54. The number of aliphatic carboxylic acids is 1. The Hall–Kier alpha value is -1.41. The zero-order chi connectivity index (χ0) is 13.8. The summed E-state index contributed by atoms with van der Waals surface area (Å²) in [5.41, 5.74) is 1.03. The standard InChI is InChI=1S/C13H10INO3S/c14-10-6-9(7-19-10)12(16)15-11(13(17)18)8-4-2-1-3-5-8/h1-7,11H,(H,15,16)(H,17,18). The van der Waals surface area contributed by atoms with Gasteiger partial charge in [0.25, 0.3) is 5.91 Å². The maximum absolute atomic E-state index is 12.0. The minimum atomic E-state index is -1.08. The maximum atomic E-state index is 12.0. The molecule has 0 aliphatic heterocycles. The lowest BCUT2D eigenvalue weighted by atomic mass is 10.1. The summed E-state index contributed by atoms with van der Waals surface area (Å²) >= 11 is 3.56. The molecule has 0 fully saturated rings. The van der Waals surface area contributed by atoms with Crippen molar-refractivity contribution in [3.05, 3.63) is 55.8 Å². The van der Waals surface area contributed by atoms with Gasteiger partial charge in [-0.1, -0.05) is 30.3 Å². The lowest BCUT2D eigenvalue weighted by Crippen LogP contribution is -2.33. The van der Waals surface area contributed by atoms with Crippen molar-refractivity contribution in [2.24, 2.45) is 0 Å². The molecule has 0 radical (unpaired) electrons. The monoisotopic (exact) mass is 387 g/mol. The van der Waals surface area contributed by atoms with Crippen molar-refractivity contribution >= 4 is 45.8 Å². The Balaban J connectivity index is 2.18. The van der Waals surface area contributed by atoms with E-state index in [2.05, 4.69) is 27.9 Å². The average Bonchev–Trinajstić information content (AvgIpc) is 2.83. The molecular formula is C13H10INO3S. The first-order valence-corrected chi connectivity index (χ1v) is 7.36. The summed E-state index contributed by atoms with van der Waals surface area (Å²) in [5, 5.41) is 13.5. The molecule has 19 heavy (non-hydrogen) atoms. The number of amides is 1. The van der Waals surface area contributed by atoms with Gasteiger partial charge < -0.3 is 10.4 Å². The highest BCUT2D eigenvalue weighted by Gasteiger charge is 2.22. The van der Waals surface area contributed by atoms with E-state index in [1.165, 1.54) is 11.3 Å². The zero-order valence-corrected chi connectivity index (χ0v) is 12.6. The number of carbonyl (C=O) groups is 2. The van der Waals surface area contributed by atoms with E-state index in [0.29, 0.717) is 11.1 Å². The van der Waals surface area contributed by atoms with Gasteiger partial charge in [-0.15, -0.1) is 11.3 Å². The molecule has 0 saturated carbocycles. The number of halogens is 1. The van der Waals surface area contributed by atoms with Crippen molar-refractivity contribution in [1.29, 1.82) is 0 Å². The SMILES string of the molecule is O=C(NC(C(=O)O)c1ccccc1)c1csc(I)c1. The summed E-state index contributed by atoms with van der Waals surface area (Å²) in [6, 6.07) is 9.32. The van der Waals surface area contributed by atoms with Gasteiger partial charge in [-0.05, 0) is 34.2 Å². The smallest absolute Gasteiger partial charge is 0.330 e. The Morgan fingerprint density at radius 3 is 2.47 bits per heavy atom. The van der Waals surface area contributed by atoms with Crippen molar-refractivity contribution in [2.75, 3.05) is 0 Å². The van der Waals surface area contributed by atoms with E-state index in [9.17, 15) is 14.7 Å². The molecule has 2 rings (SSSR count). The van der Waals surface area contributed by atoms with Gasteiger partial charge in [-0.3, -0.25) is 4.79 Å². The van der Waals surface area contributed by atoms with Crippen LogP contribution >= 0.6 is 33.9 Å². The van der Waals surface area contributed by atoms with Crippen molar-refractivity contribution in [3.8, 4) is 0 Å². The van der Waals surface area contributed by atoms with E-state index < -0.39 is 12.0 Å². The first kappa shape index (κ1) is 14.0. The number of thiophene rings is 1. The molecule has 0 bridgehead atoms. The predicted molar refractivity (Wildman–Crippen MR) is 81.3 cm³/mol. The number of nitrogens with one attached hydrogen (secondary N) is 1. The van der Waals surface area contributed by atoms with E-state index in [-0.39, 0.29) is 5.91 Å². The van der Waals surface area contributed by atoms with Gasteiger partial charge in [0.05, 0.1) is 8.45 Å². The van der Waals surface area contributed by atoms with E-state index in [4.69, 9.17) is 0 Å².